The van der Waals surface area contributed by atoms with Crippen LogP contribution in [0.1, 0.15) is 22.3 Å². The van der Waals surface area contributed by atoms with Crippen LogP contribution >= 0.6 is 22.6 Å². The maximum atomic E-state index is 12.7. The average molecular weight is 395 g/mol. The number of para-hydroxylation sites is 1. The molecule has 0 atom stereocenters. The number of nitrogens with zero attached hydrogens (tertiary/aromatic N) is 1. The van der Waals surface area contributed by atoms with Gasteiger partial charge in [0.1, 0.15) is 11.5 Å². The summed E-state index contributed by atoms with van der Waals surface area (Å²) in [5.74, 6) is 0.00963. The van der Waals surface area contributed by atoms with Gasteiger partial charge in [-0.25, -0.2) is 0 Å². The second kappa shape index (κ2) is 5.55. The topological polar surface area (TPSA) is 60.8 Å². The Bertz CT molecular complexity index is 715. The van der Waals surface area contributed by atoms with Crippen molar-refractivity contribution in [3.63, 3.8) is 0 Å². The molecule has 2 aromatic rings. The van der Waals surface area contributed by atoms with E-state index in [4.69, 9.17) is 0 Å². The number of fused-ring (bicyclic) bond motifs is 1. The molecule has 0 unspecified atom stereocenters. The van der Waals surface area contributed by atoms with Crippen molar-refractivity contribution >= 4 is 34.2 Å². The molecule has 0 saturated carbocycles. The third-order valence-electron chi connectivity index (χ3n) is 3.63. The van der Waals surface area contributed by atoms with Crippen LogP contribution in [0.2, 0.25) is 0 Å². The van der Waals surface area contributed by atoms with E-state index in [1.54, 1.807) is 29.2 Å². The maximum Gasteiger partial charge on any atom is 0.258 e. The van der Waals surface area contributed by atoms with Gasteiger partial charge in [0.25, 0.3) is 5.91 Å². The lowest BCUT2D eigenvalue weighted by molar-refractivity contribution is 0.0984. The summed E-state index contributed by atoms with van der Waals surface area (Å²) in [7, 11) is 0. The Balaban J connectivity index is 2.02. The number of aryl methyl sites for hydroxylation is 1. The molecule has 1 amide bonds. The first-order valence-electron chi connectivity index (χ1n) is 6.69. The average Bonchev–Trinajstić information content (AvgIpc) is 2.49. The molecule has 21 heavy (non-hydrogen) atoms. The van der Waals surface area contributed by atoms with Gasteiger partial charge in [0, 0.05) is 12.1 Å². The van der Waals surface area contributed by atoms with E-state index in [1.807, 2.05) is 28.7 Å². The van der Waals surface area contributed by atoms with E-state index in [-0.39, 0.29) is 17.4 Å². The Morgan fingerprint density at radius 2 is 1.95 bits per heavy atom. The Morgan fingerprint density at radius 1 is 1.14 bits per heavy atom. The number of aromatic hydroxyl groups is 2. The van der Waals surface area contributed by atoms with Gasteiger partial charge in [-0.2, -0.15) is 0 Å². The summed E-state index contributed by atoms with van der Waals surface area (Å²) >= 11 is 2.01. The van der Waals surface area contributed by atoms with Gasteiger partial charge in [0.2, 0.25) is 0 Å². The van der Waals surface area contributed by atoms with Crippen LogP contribution in [0.3, 0.4) is 0 Å². The van der Waals surface area contributed by atoms with Crippen molar-refractivity contribution in [2.24, 2.45) is 0 Å². The highest BCUT2D eigenvalue weighted by Crippen LogP contribution is 2.36. The molecule has 0 radical (unpaired) electrons. The SMILES string of the molecule is O=C(c1ccc(I)c(O)c1)N1CCCc2cccc(O)c21. The largest absolute Gasteiger partial charge is 0.507 e. The molecule has 0 spiro atoms. The molecular weight excluding hydrogens is 381 g/mol. The third-order valence-corrected chi connectivity index (χ3v) is 4.55. The molecule has 4 nitrogen and oxygen atoms in total. The highest BCUT2D eigenvalue weighted by Gasteiger charge is 2.26. The van der Waals surface area contributed by atoms with Crippen LogP contribution in [0.5, 0.6) is 11.5 Å². The predicted molar refractivity (Wildman–Crippen MR) is 88.9 cm³/mol. The molecule has 2 aromatic carbocycles. The van der Waals surface area contributed by atoms with Gasteiger partial charge in [-0.1, -0.05) is 12.1 Å². The van der Waals surface area contributed by atoms with Crippen LogP contribution in [0.25, 0.3) is 0 Å². The van der Waals surface area contributed by atoms with Crippen LogP contribution in [-0.4, -0.2) is 22.7 Å². The number of halogens is 1. The van der Waals surface area contributed by atoms with Crippen molar-refractivity contribution in [1.82, 2.24) is 0 Å². The van der Waals surface area contributed by atoms with E-state index in [2.05, 4.69) is 0 Å². The highest BCUT2D eigenvalue weighted by molar-refractivity contribution is 14.1. The molecule has 5 heteroatoms. The van der Waals surface area contributed by atoms with E-state index in [9.17, 15) is 15.0 Å². The standard InChI is InChI=1S/C16H14INO3/c17-12-7-6-11(9-14(12)20)16(21)18-8-2-4-10-3-1-5-13(19)15(10)18/h1,3,5-7,9,19-20H,2,4,8H2. The summed E-state index contributed by atoms with van der Waals surface area (Å²) in [5.41, 5.74) is 1.99. The molecule has 1 aliphatic heterocycles. The summed E-state index contributed by atoms with van der Waals surface area (Å²) in [6, 6.07) is 10.2. The summed E-state index contributed by atoms with van der Waals surface area (Å²) in [5, 5.41) is 19.8. The quantitative estimate of drug-likeness (QED) is 0.729. The maximum absolute atomic E-state index is 12.7. The van der Waals surface area contributed by atoms with Crippen molar-refractivity contribution in [1.29, 1.82) is 0 Å². The molecule has 0 aliphatic carbocycles. The zero-order valence-corrected chi connectivity index (χ0v) is 13.4. The smallest absolute Gasteiger partial charge is 0.258 e. The molecule has 1 heterocycles. The zero-order valence-electron chi connectivity index (χ0n) is 11.2. The van der Waals surface area contributed by atoms with Crippen molar-refractivity contribution in [2.45, 2.75) is 12.8 Å². The second-order valence-electron chi connectivity index (χ2n) is 5.01. The zero-order chi connectivity index (χ0) is 15.0. The minimum atomic E-state index is -0.204. The Morgan fingerprint density at radius 3 is 2.71 bits per heavy atom. The lowest BCUT2D eigenvalue weighted by Crippen LogP contribution is -2.35. The van der Waals surface area contributed by atoms with Crippen LogP contribution < -0.4 is 4.90 Å². The fourth-order valence-electron chi connectivity index (χ4n) is 2.64. The molecular formula is C16H14INO3. The van der Waals surface area contributed by atoms with E-state index < -0.39 is 0 Å². The van der Waals surface area contributed by atoms with Crippen LogP contribution in [0, 0.1) is 3.57 Å². The Labute approximate surface area is 136 Å². The number of phenols is 2. The molecule has 1 aliphatic rings. The molecule has 0 aromatic heterocycles. The van der Waals surface area contributed by atoms with Gasteiger partial charge in [0.15, 0.2) is 0 Å². The van der Waals surface area contributed by atoms with Gasteiger partial charge < -0.3 is 15.1 Å². The predicted octanol–water partition coefficient (Wildman–Crippen LogP) is 3.30. The summed E-state index contributed by atoms with van der Waals surface area (Å²) in [6.45, 7) is 0.566. The third kappa shape index (κ3) is 2.57. The fraction of sp³-hybridized carbons (Fsp3) is 0.188. The number of carbonyl (C=O) groups excluding carboxylic acids is 1. The first-order valence-corrected chi connectivity index (χ1v) is 7.77. The van der Waals surface area contributed by atoms with E-state index >= 15 is 0 Å². The summed E-state index contributed by atoms with van der Waals surface area (Å²) in [6.07, 6.45) is 1.71. The summed E-state index contributed by atoms with van der Waals surface area (Å²) < 4.78 is 0.700. The van der Waals surface area contributed by atoms with Crippen LogP contribution in [-0.2, 0) is 6.42 Å². The minimum Gasteiger partial charge on any atom is -0.507 e. The number of hydrogen-bond donors (Lipinski definition) is 2. The van der Waals surface area contributed by atoms with Gasteiger partial charge in [-0.05, 0) is 65.3 Å². The lowest BCUT2D eigenvalue weighted by atomic mass is 10.00. The number of rotatable bonds is 1. The van der Waals surface area contributed by atoms with Crippen molar-refractivity contribution in [2.75, 3.05) is 11.4 Å². The number of benzene rings is 2. The normalized spacial score (nSPS) is 13.9. The summed E-state index contributed by atoms with van der Waals surface area (Å²) in [4.78, 5) is 14.3. The fourth-order valence-corrected chi connectivity index (χ4v) is 2.97. The van der Waals surface area contributed by atoms with E-state index in [0.717, 1.165) is 18.4 Å². The monoisotopic (exact) mass is 395 g/mol. The molecule has 0 bridgehead atoms. The number of anilines is 1. The van der Waals surface area contributed by atoms with Crippen molar-refractivity contribution < 1.29 is 15.0 Å². The van der Waals surface area contributed by atoms with E-state index in [0.29, 0.717) is 21.4 Å². The number of phenolic OH excluding ortho intramolecular Hbond substituents is 2. The van der Waals surface area contributed by atoms with Crippen LogP contribution in [0.15, 0.2) is 36.4 Å². The highest BCUT2D eigenvalue weighted by atomic mass is 127. The van der Waals surface area contributed by atoms with Gasteiger partial charge in [-0.15, -0.1) is 0 Å². The van der Waals surface area contributed by atoms with Gasteiger partial charge >= 0.3 is 0 Å². The molecule has 0 fully saturated rings. The minimum absolute atomic E-state index is 0.0935. The number of carbonyl (C=O) groups is 1. The van der Waals surface area contributed by atoms with Gasteiger partial charge in [0.05, 0.1) is 9.26 Å². The van der Waals surface area contributed by atoms with E-state index in [1.165, 1.54) is 6.07 Å². The molecule has 0 saturated heterocycles. The molecule has 3 rings (SSSR count). The number of hydrogen-bond acceptors (Lipinski definition) is 3. The van der Waals surface area contributed by atoms with Gasteiger partial charge in [-0.3, -0.25) is 4.79 Å². The first kappa shape index (κ1) is 14.2. The van der Waals surface area contributed by atoms with Crippen molar-refractivity contribution in [3.8, 4) is 11.5 Å². The van der Waals surface area contributed by atoms with Crippen LogP contribution in [0.4, 0.5) is 5.69 Å². The molecule has 108 valence electrons. The second-order valence-corrected chi connectivity index (χ2v) is 6.17. The Kier molecular flexibility index (Phi) is 3.75. The lowest BCUT2D eigenvalue weighted by Gasteiger charge is -2.30. The van der Waals surface area contributed by atoms with Crippen molar-refractivity contribution in [3.05, 3.63) is 51.1 Å². The first-order chi connectivity index (χ1) is 10.1. The number of amides is 1. The Hall–Kier alpha value is -1.76. The molecule has 2 N–H and O–H groups in total.